The average molecular weight is 250 g/mol. The first kappa shape index (κ1) is 12.2. The molecule has 1 spiro atoms. The third-order valence-corrected chi connectivity index (χ3v) is 4.36. The summed E-state index contributed by atoms with van der Waals surface area (Å²) in [5, 5.41) is 0. The summed E-state index contributed by atoms with van der Waals surface area (Å²) < 4.78 is 13.7. The van der Waals surface area contributed by atoms with Crippen LogP contribution in [0.4, 0.5) is 0 Å². The van der Waals surface area contributed by atoms with Gasteiger partial charge in [-0.25, -0.2) is 4.98 Å². The van der Waals surface area contributed by atoms with Gasteiger partial charge < -0.3 is 14.0 Å². The lowest BCUT2D eigenvalue weighted by molar-refractivity contribution is 0.00644. The molecule has 2 fully saturated rings. The maximum absolute atomic E-state index is 6.01. The summed E-state index contributed by atoms with van der Waals surface area (Å²) in [7, 11) is 0. The van der Waals surface area contributed by atoms with Crippen molar-refractivity contribution in [1.82, 2.24) is 9.55 Å². The number of rotatable bonds is 3. The summed E-state index contributed by atoms with van der Waals surface area (Å²) in [4.78, 5) is 4.37. The van der Waals surface area contributed by atoms with E-state index in [-0.39, 0.29) is 0 Å². The maximum Gasteiger partial charge on any atom is 0.108 e. The predicted octanol–water partition coefficient (Wildman–Crippen LogP) is 2.03. The van der Waals surface area contributed by atoms with Gasteiger partial charge in [0.2, 0.25) is 0 Å². The highest BCUT2D eigenvalue weighted by atomic mass is 16.5. The summed E-state index contributed by atoms with van der Waals surface area (Å²) in [5.74, 6) is 1.16. The highest BCUT2D eigenvalue weighted by Gasteiger charge is 2.41. The van der Waals surface area contributed by atoms with Crippen LogP contribution in [0.3, 0.4) is 0 Å². The molecule has 0 aromatic carbocycles. The molecule has 0 aliphatic carbocycles. The molecule has 18 heavy (non-hydrogen) atoms. The van der Waals surface area contributed by atoms with Crippen LogP contribution >= 0.6 is 0 Å². The van der Waals surface area contributed by atoms with E-state index in [1.54, 1.807) is 0 Å². The Labute approximate surface area is 108 Å². The zero-order valence-corrected chi connectivity index (χ0v) is 11.1. The van der Waals surface area contributed by atoms with Crippen LogP contribution in [-0.4, -0.2) is 35.5 Å². The largest absolute Gasteiger partial charge is 0.381 e. The highest BCUT2D eigenvalue weighted by Crippen LogP contribution is 2.41. The number of nitrogens with zero attached hydrogens (tertiary/aromatic N) is 2. The van der Waals surface area contributed by atoms with E-state index < -0.39 is 0 Å². The van der Waals surface area contributed by atoms with Gasteiger partial charge in [0.05, 0.1) is 19.3 Å². The van der Waals surface area contributed by atoms with Crippen molar-refractivity contribution in [1.29, 1.82) is 0 Å². The molecule has 3 heterocycles. The van der Waals surface area contributed by atoms with Crippen LogP contribution in [-0.2, 0) is 22.4 Å². The molecule has 4 nitrogen and oxygen atoms in total. The van der Waals surface area contributed by atoms with E-state index in [9.17, 15) is 0 Å². The molecular weight excluding hydrogens is 228 g/mol. The summed E-state index contributed by atoms with van der Waals surface area (Å²) in [6.07, 6.45) is 8.79. The van der Waals surface area contributed by atoms with E-state index in [0.717, 1.165) is 51.5 Å². The molecule has 1 aromatic heterocycles. The number of hydrogen-bond acceptors (Lipinski definition) is 3. The third kappa shape index (κ3) is 2.31. The Morgan fingerprint density at radius 3 is 3.06 bits per heavy atom. The second-order valence-corrected chi connectivity index (χ2v) is 5.60. The van der Waals surface area contributed by atoms with E-state index >= 15 is 0 Å². The van der Waals surface area contributed by atoms with Gasteiger partial charge in [-0.1, -0.05) is 6.92 Å². The minimum Gasteiger partial charge on any atom is -0.381 e. The van der Waals surface area contributed by atoms with Crippen LogP contribution in [0.25, 0.3) is 0 Å². The van der Waals surface area contributed by atoms with Crippen molar-refractivity contribution in [3.05, 3.63) is 18.2 Å². The van der Waals surface area contributed by atoms with Crippen LogP contribution in [0.2, 0.25) is 0 Å². The van der Waals surface area contributed by atoms with Crippen molar-refractivity contribution in [3.8, 4) is 0 Å². The molecule has 0 bridgehead atoms. The van der Waals surface area contributed by atoms with Crippen molar-refractivity contribution in [2.24, 2.45) is 5.41 Å². The van der Waals surface area contributed by atoms with Crippen LogP contribution in [0.5, 0.6) is 0 Å². The summed E-state index contributed by atoms with van der Waals surface area (Å²) in [6, 6.07) is 0. The molecular formula is C14H22N2O2. The van der Waals surface area contributed by atoms with Gasteiger partial charge in [0, 0.05) is 37.4 Å². The number of aryl methyl sites for hydroxylation is 1. The number of imidazole rings is 1. The van der Waals surface area contributed by atoms with Crippen LogP contribution in [0.15, 0.2) is 12.4 Å². The van der Waals surface area contributed by atoms with Crippen molar-refractivity contribution >= 4 is 0 Å². The van der Waals surface area contributed by atoms with Crippen molar-refractivity contribution in [2.45, 2.75) is 45.3 Å². The van der Waals surface area contributed by atoms with Gasteiger partial charge >= 0.3 is 0 Å². The average Bonchev–Trinajstić information content (AvgIpc) is 2.99. The van der Waals surface area contributed by atoms with Crippen LogP contribution < -0.4 is 0 Å². The maximum atomic E-state index is 6.01. The van der Waals surface area contributed by atoms with E-state index in [1.807, 2.05) is 6.20 Å². The Hall–Kier alpha value is -0.870. The fraction of sp³-hybridized carbons (Fsp3) is 0.786. The van der Waals surface area contributed by atoms with E-state index in [4.69, 9.17) is 9.47 Å². The van der Waals surface area contributed by atoms with Gasteiger partial charge in [-0.05, 0) is 19.3 Å². The Balaban J connectivity index is 1.62. The molecule has 1 aromatic rings. The monoisotopic (exact) mass is 250 g/mol. The van der Waals surface area contributed by atoms with E-state index in [1.165, 1.54) is 6.42 Å². The molecule has 0 N–H and O–H groups in total. The standard InChI is InChI=1S/C14H22N2O2/c1-2-13-15-5-6-16(13)10-12-9-14(11-18-12)3-7-17-8-4-14/h5-6,12H,2-4,7-11H2,1H3/t12-/m1/s1. The Bertz CT molecular complexity index is 396. The smallest absolute Gasteiger partial charge is 0.108 e. The Morgan fingerprint density at radius 2 is 2.28 bits per heavy atom. The third-order valence-electron chi connectivity index (χ3n) is 4.36. The van der Waals surface area contributed by atoms with Gasteiger partial charge in [-0.15, -0.1) is 0 Å². The molecule has 0 unspecified atom stereocenters. The van der Waals surface area contributed by atoms with Gasteiger partial charge in [-0.3, -0.25) is 0 Å². The SMILES string of the molecule is CCc1nccn1C[C@H]1CC2(CCOCC2)CO1. The fourth-order valence-corrected chi connectivity index (χ4v) is 3.21. The molecule has 100 valence electrons. The molecule has 2 aliphatic rings. The number of aromatic nitrogens is 2. The lowest BCUT2D eigenvalue weighted by Crippen LogP contribution is -2.30. The van der Waals surface area contributed by atoms with E-state index in [2.05, 4.69) is 22.7 Å². The molecule has 4 heteroatoms. The Morgan fingerprint density at radius 1 is 1.44 bits per heavy atom. The van der Waals surface area contributed by atoms with Crippen molar-refractivity contribution in [2.75, 3.05) is 19.8 Å². The first-order valence-electron chi connectivity index (χ1n) is 7.01. The summed E-state index contributed by atoms with van der Waals surface area (Å²) in [5.41, 5.74) is 0.399. The second-order valence-electron chi connectivity index (χ2n) is 5.60. The zero-order chi connectivity index (χ0) is 12.4. The first-order chi connectivity index (χ1) is 8.81. The molecule has 0 saturated carbocycles. The Kier molecular flexibility index (Phi) is 3.39. The number of ether oxygens (including phenoxy) is 2. The highest BCUT2D eigenvalue weighted by molar-refractivity contribution is 4.95. The lowest BCUT2D eigenvalue weighted by Gasteiger charge is -2.31. The zero-order valence-electron chi connectivity index (χ0n) is 11.1. The topological polar surface area (TPSA) is 36.3 Å². The second kappa shape index (κ2) is 5.02. The fourth-order valence-electron chi connectivity index (χ4n) is 3.21. The van der Waals surface area contributed by atoms with Crippen LogP contribution in [0, 0.1) is 5.41 Å². The van der Waals surface area contributed by atoms with Crippen molar-refractivity contribution < 1.29 is 9.47 Å². The van der Waals surface area contributed by atoms with Crippen LogP contribution in [0.1, 0.15) is 32.0 Å². The van der Waals surface area contributed by atoms with Gasteiger partial charge in [0.1, 0.15) is 5.82 Å². The summed E-state index contributed by atoms with van der Waals surface area (Å²) in [6.45, 7) is 5.82. The van der Waals surface area contributed by atoms with Gasteiger partial charge in [-0.2, -0.15) is 0 Å². The minimum atomic E-state index is 0.350. The number of hydrogen-bond donors (Lipinski definition) is 0. The molecule has 0 radical (unpaired) electrons. The predicted molar refractivity (Wildman–Crippen MR) is 68.4 cm³/mol. The molecule has 0 amide bonds. The normalized spacial score (nSPS) is 26.8. The minimum absolute atomic E-state index is 0.350. The van der Waals surface area contributed by atoms with Gasteiger partial charge in [0.15, 0.2) is 0 Å². The molecule has 2 saturated heterocycles. The summed E-state index contributed by atoms with van der Waals surface area (Å²) >= 11 is 0. The first-order valence-corrected chi connectivity index (χ1v) is 7.01. The molecule has 2 aliphatic heterocycles. The quantitative estimate of drug-likeness (QED) is 0.823. The lowest BCUT2D eigenvalue weighted by atomic mass is 9.78. The van der Waals surface area contributed by atoms with Crippen molar-refractivity contribution in [3.63, 3.8) is 0 Å². The molecule has 3 rings (SSSR count). The molecule has 1 atom stereocenters. The van der Waals surface area contributed by atoms with E-state index in [0.29, 0.717) is 11.5 Å². The van der Waals surface area contributed by atoms with Gasteiger partial charge in [0.25, 0.3) is 0 Å².